The number of carbonyl (C=O) groups is 1. The van der Waals surface area contributed by atoms with Crippen molar-refractivity contribution in [3.63, 3.8) is 0 Å². The average molecular weight is 255 g/mol. The number of hydrogen-bond donors (Lipinski definition) is 1. The normalized spacial score (nSPS) is 34.4. The molecule has 104 valence electrons. The molecule has 1 aliphatic carbocycles. The second-order valence-electron chi connectivity index (χ2n) is 5.61. The minimum atomic E-state index is -0.752. The molecule has 0 aromatic carbocycles. The van der Waals surface area contributed by atoms with E-state index in [2.05, 4.69) is 11.8 Å². The van der Waals surface area contributed by atoms with Crippen LogP contribution < -0.4 is 0 Å². The molecule has 1 aliphatic heterocycles. The highest BCUT2D eigenvalue weighted by atomic mass is 16.5. The first-order chi connectivity index (χ1) is 8.70. The summed E-state index contributed by atoms with van der Waals surface area (Å²) in [7, 11) is 0. The molecule has 0 bridgehead atoms. The maximum atomic E-state index is 10.8. The molecule has 1 heterocycles. The number of nitrogens with zero attached hydrogens (tertiary/aromatic N) is 1. The van der Waals surface area contributed by atoms with Gasteiger partial charge in [-0.1, -0.05) is 26.2 Å². The van der Waals surface area contributed by atoms with Crippen LogP contribution in [0.4, 0.5) is 0 Å². The van der Waals surface area contributed by atoms with Crippen molar-refractivity contribution in [3.05, 3.63) is 0 Å². The summed E-state index contributed by atoms with van der Waals surface area (Å²) in [6, 6.07) is 0.656. The molecule has 0 spiro atoms. The summed E-state index contributed by atoms with van der Waals surface area (Å²) in [5.41, 5.74) is 0. The van der Waals surface area contributed by atoms with Crippen LogP contribution in [0.25, 0.3) is 0 Å². The Morgan fingerprint density at radius 3 is 2.89 bits per heavy atom. The number of aliphatic carboxylic acids is 1. The van der Waals surface area contributed by atoms with E-state index in [1.54, 1.807) is 0 Å². The number of carboxylic acids is 1. The Labute approximate surface area is 109 Å². The van der Waals surface area contributed by atoms with E-state index < -0.39 is 5.97 Å². The first-order valence-electron chi connectivity index (χ1n) is 7.28. The maximum absolute atomic E-state index is 10.8. The molecule has 0 aromatic rings. The number of morpholine rings is 1. The lowest BCUT2D eigenvalue weighted by Crippen LogP contribution is -2.51. The predicted molar refractivity (Wildman–Crippen MR) is 69.6 cm³/mol. The van der Waals surface area contributed by atoms with Crippen molar-refractivity contribution in [2.24, 2.45) is 5.92 Å². The third kappa shape index (κ3) is 3.45. The Morgan fingerprint density at radius 2 is 2.17 bits per heavy atom. The van der Waals surface area contributed by atoms with Gasteiger partial charge >= 0.3 is 5.97 Å². The van der Waals surface area contributed by atoms with E-state index in [9.17, 15) is 4.79 Å². The maximum Gasteiger partial charge on any atom is 0.306 e. The van der Waals surface area contributed by atoms with E-state index in [0.717, 1.165) is 19.0 Å². The number of carboxylic acid groups (broad SMARTS) is 1. The Bertz CT molecular complexity index is 282. The lowest BCUT2D eigenvalue weighted by Gasteiger charge is -2.43. The minimum Gasteiger partial charge on any atom is -0.481 e. The van der Waals surface area contributed by atoms with E-state index >= 15 is 0 Å². The van der Waals surface area contributed by atoms with Crippen molar-refractivity contribution in [3.8, 4) is 0 Å². The highest BCUT2D eigenvalue weighted by Gasteiger charge is 2.32. The minimum absolute atomic E-state index is 0.115. The highest BCUT2D eigenvalue weighted by molar-refractivity contribution is 5.67. The number of rotatable bonds is 4. The molecule has 2 rings (SSSR count). The van der Waals surface area contributed by atoms with E-state index in [0.29, 0.717) is 12.6 Å². The first-order valence-corrected chi connectivity index (χ1v) is 7.28. The van der Waals surface area contributed by atoms with Crippen molar-refractivity contribution in [2.75, 3.05) is 19.7 Å². The molecular weight excluding hydrogens is 230 g/mol. The highest BCUT2D eigenvalue weighted by Crippen LogP contribution is 2.31. The van der Waals surface area contributed by atoms with E-state index in [-0.39, 0.29) is 12.5 Å². The number of hydrogen-bond acceptors (Lipinski definition) is 3. The van der Waals surface area contributed by atoms with Crippen molar-refractivity contribution in [1.29, 1.82) is 0 Å². The first kappa shape index (κ1) is 13.8. The van der Waals surface area contributed by atoms with Gasteiger partial charge in [0, 0.05) is 19.1 Å². The smallest absolute Gasteiger partial charge is 0.306 e. The second-order valence-corrected chi connectivity index (χ2v) is 5.61. The molecule has 4 nitrogen and oxygen atoms in total. The van der Waals surface area contributed by atoms with Gasteiger partial charge in [0.05, 0.1) is 19.1 Å². The summed E-state index contributed by atoms with van der Waals surface area (Å²) < 4.78 is 5.56. The molecule has 0 radical (unpaired) electrons. The van der Waals surface area contributed by atoms with Crippen molar-refractivity contribution in [2.45, 2.75) is 57.6 Å². The van der Waals surface area contributed by atoms with Crippen LogP contribution in [-0.4, -0.2) is 47.8 Å². The topological polar surface area (TPSA) is 49.8 Å². The summed E-state index contributed by atoms with van der Waals surface area (Å²) in [6.45, 7) is 4.73. The van der Waals surface area contributed by atoms with Crippen LogP contribution in [0.15, 0.2) is 0 Å². The average Bonchev–Trinajstić information content (AvgIpc) is 2.38. The molecule has 1 N–H and O–H groups in total. The lowest BCUT2D eigenvalue weighted by molar-refractivity contribution is -0.143. The summed E-state index contributed by atoms with van der Waals surface area (Å²) in [4.78, 5) is 13.3. The van der Waals surface area contributed by atoms with Crippen LogP contribution in [0.5, 0.6) is 0 Å². The predicted octanol–water partition coefficient (Wildman–Crippen LogP) is 2.13. The van der Waals surface area contributed by atoms with E-state index in [1.165, 1.54) is 32.1 Å². The zero-order valence-electron chi connectivity index (χ0n) is 11.3. The van der Waals surface area contributed by atoms with Gasteiger partial charge in [-0.25, -0.2) is 0 Å². The lowest BCUT2D eigenvalue weighted by atomic mass is 9.81. The van der Waals surface area contributed by atoms with E-state index in [4.69, 9.17) is 9.84 Å². The van der Waals surface area contributed by atoms with Crippen LogP contribution in [0.1, 0.15) is 45.4 Å². The van der Waals surface area contributed by atoms with Gasteiger partial charge < -0.3 is 9.84 Å². The summed E-state index contributed by atoms with van der Waals surface area (Å²) >= 11 is 0. The zero-order chi connectivity index (χ0) is 13.0. The largest absolute Gasteiger partial charge is 0.481 e. The third-order valence-corrected chi connectivity index (χ3v) is 4.43. The van der Waals surface area contributed by atoms with Crippen LogP contribution in [0.3, 0.4) is 0 Å². The molecule has 4 heteroatoms. The fraction of sp³-hybridized carbons (Fsp3) is 0.929. The van der Waals surface area contributed by atoms with Gasteiger partial charge in [-0.15, -0.1) is 0 Å². The molecule has 0 amide bonds. The van der Waals surface area contributed by atoms with Gasteiger partial charge in [-0.05, 0) is 18.8 Å². The van der Waals surface area contributed by atoms with Gasteiger partial charge in [0.1, 0.15) is 0 Å². The van der Waals surface area contributed by atoms with Crippen LogP contribution in [-0.2, 0) is 9.53 Å². The molecule has 2 fully saturated rings. The zero-order valence-corrected chi connectivity index (χ0v) is 11.3. The molecule has 1 saturated heterocycles. The van der Waals surface area contributed by atoms with Crippen LogP contribution in [0.2, 0.25) is 0 Å². The Hall–Kier alpha value is -0.610. The third-order valence-electron chi connectivity index (χ3n) is 4.43. The van der Waals surface area contributed by atoms with Gasteiger partial charge in [0.15, 0.2) is 0 Å². The summed E-state index contributed by atoms with van der Waals surface area (Å²) in [5, 5.41) is 8.86. The fourth-order valence-electron chi connectivity index (χ4n) is 3.51. The molecule has 18 heavy (non-hydrogen) atoms. The van der Waals surface area contributed by atoms with Crippen molar-refractivity contribution < 1.29 is 14.6 Å². The standard InChI is InChI=1S/C14H25NO3/c1-2-11-5-3-4-6-13(11)15-7-8-18-12(10-15)9-14(16)17/h11-13H,2-10H2,1H3,(H,16,17). The van der Waals surface area contributed by atoms with Gasteiger partial charge in [0.25, 0.3) is 0 Å². The molecule has 1 saturated carbocycles. The van der Waals surface area contributed by atoms with Crippen LogP contribution >= 0.6 is 0 Å². The van der Waals surface area contributed by atoms with Crippen molar-refractivity contribution >= 4 is 5.97 Å². The molecule has 2 aliphatic rings. The number of ether oxygens (including phenoxy) is 1. The second kappa shape index (κ2) is 6.53. The van der Waals surface area contributed by atoms with Gasteiger partial charge in [-0.2, -0.15) is 0 Å². The molecular formula is C14H25NO3. The van der Waals surface area contributed by atoms with Crippen molar-refractivity contribution in [1.82, 2.24) is 4.90 Å². The Kier molecular flexibility index (Phi) is 5.01. The quantitative estimate of drug-likeness (QED) is 0.836. The summed E-state index contributed by atoms with van der Waals surface area (Å²) in [6.07, 6.45) is 6.56. The van der Waals surface area contributed by atoms with Gasteiger partial charge in [-0.3, -0.25) is 9.69 Å². The van der Waals surface area contributed by atoms with E-state index in [1.807, 2.05) is 0 Å². The fourth-order valence-corrected chi connectivity index (χ4v) is 3.51. The van der Waals surface area contributed by atoms with Gasteiger partial charge in [0.2, 0.25) is 0 Å². The molecule has 3 atom stereocenters. The monoisotopic (exact) mass is 255 g/mol. The Balaban J connectivity index is 1.92. The molecule has 0 aromatic heterocycles. The van der Waals surface area contributed by atoms with Crippen LogP contribution in [0, 0.1) is 5.92 Å². The molecule has 3 unspecified atom stereocenters. The summed E-state index contributed by atoms with van der Waals surface area (Å²) in [5.74, 6) is 0.0415. The Morgan fingerprint density at radius 1 is 1.39 bits per heavy atom. The SMILES string of the molecule is CCC1CCCCC1N1CCOC(CC(=O)O)C1.